The summed E-state index contributed by atoms with van der Waals surface area (Å²) in [6, 6.07) is 9.12. The second-order valence-corrected chi connectivity index (χ2v) is 7.15. The van der Waals surface area contributed by atoms with Crippen LogP contribution in [0.5, 0.6) is 0 Å². The summed E-state index contributed by atoms with van der Waals surface area (Å²) in [7, 11) is 0. The highest BCUT2D eigenvalue weighted by atomic mass is 16.4. The van der Waals surface area contributed by atoms with Gasteiger partial charge >= 0.3 is 5.97 Å². The molecule has 1 saturated carbocycles. The van der Waals surface area contributed by atoms with Gasteiger partial charge in [-0.15, -0.1) is 0 Å². The zero-order valence-corrected chi connectivity index (χ0v) is 14.6. The van der Waals surface area contributed by atoms with Crippen LogP contribution in [0.1, 0.15) is 88.2 Å². The lowest BCUT2D eigenvalue weighted by Gasteiger charge is -2.26. The van der Waals surface area contributed by atoms with Crippen molar-refractivity contribution in [1.82, 2.24) is 0 Å². The fraction of sp³-hybridized carbons (Fsp3) is 0.667. The lowest BCUT2D eigenvalue weighted by atomic mass is 9.78. The molecule has 1 aromatic carbocycles. The van der Waals surface area contributed by atoms with Crippen molar-refractivity contribution in [3.63, 3.8) is 0 Å². The summed E-state index contributed by atoms with van der Waals surface area (Å²) < 4.78 is 0. The predicted octanol–water partition coefficient (Wildman–Crippen LogP) is 5.95. The summed E-state index contributed by atoms with van der Waals surface area (Å²) in [4.78, 5) is 11.0. The maximum atomic E-state index is 11.0. The highest BCUT2D eigenvalue weighted by Crippen LogP contribution is 2.35. The Morgan fingerprint density at radius 2 is 1.57 bits per heavy atom. The van der Waals surface area contributed by atoms with Gasteiger partial charge < -0.3 is 5.11 Å². The van der Waals surface area contributed by atoms with Crippen LogP contribution < -0.4 is 0 Å². The Labute approximate surface area is 141 Å². The van der Waals surface area contributed by atoms with Crippen molar-refractivity contribution in [2.75, 3.05) is 0 Å². The Morgan fingerprint density at radius 3 is 2.17 bits per heavy atom. The molecule has 1 aliphatic rings. The van der Waals surface area contributed by atoms with E-state index in [9.17, 15) is 4.79 Å². The normalized spacial score (nSPS) is 21.3. The van der Waals surface area contributed by atoms with E-state index in [-0.39, 0.29) is 5.92 Å². The number of carbonyl (C=O) groups is 1. The van der Waals surface area contributed by atoms with E-state index in [1.807, 2.05) is 0 Å². The number of unbranched alkanes of at least 4 members (excludes halogenated alkanes) is 5. The first-order chi connectivity index (χ1) is 11.2. The highest BCUT2D eigenvalue weighted by molar-refractivity contribution is 5.70. The second-order valence-electron chi connectivity index (χ2n) is 7.15. The Hall–Kier alpha value is -1.31. The van der Waals surface area contributed by atoms with Gasteiger partial charge in [0.25, 0.3) is 0 Å². The molecule has 0 bridgehead atoms. The standard InChI is InChI=1S/C21H32O2/c1-2-3-4-5-6-7-8-17-9-11-18(12-10-17)19-13-15-20(16-14-19)21(22)23/h9-12,19-20H,2-8,13-16H2,1H3,(H,22,23). The van der Waals surface area contributed by atoms with Crippen LogP contribution >= 0.6 is 0 Å². The molecule has 0 amide bonds. The number of carboxylic acids is 1. The fourth-order valence-corrected chi connectivity index (χ4v) is 3.74. The van der Waals surface area contributed by atoms with Gasteiger partial charge in [-0.25, -0.2) is 0 Å². The molecule has 0 atom stereocenters. The zero-order valence-electron chi connectivity index (χ0n) is 14.6. The summed E-state index contributed by atoms with van der Waals surface area (Å²) in [6.07, 6.45) is 13.0. The summed E-state index contributed by atoms with van der Waals surface area (Å²) in [5.41, 5.74) is 2.85. The Bertz CT molecular complexity index is 455. The first kappa shape index (κ1) is 18.0. The minimum absolute atomic E-state index is 0.113. The summed E-state index contributed by atoms with van der Waals surface area (Å²) >= 11 is 0. The molecule has 23 heavy (non-hydrogen) atoms. The quantitative estimate of drug-likeness (QED) is 0.572. The van der Waals surface area contributed by atoms with Gasteiger partial charge in [-0.2, -0.15) is 0 Å². The summed E-state index contributed by atoms with van der Waals surface area (Å²) in [5.74, 6) is -0.162. The van der Waals surface area contributed by atoms with E-state index < -0.39 is 5.97 Å². The number of hydrogen-bond acceptors (Lipinski definition) is 1. The van der Waals surface area contributed by atoms with E-state index in [1.165, 1.54) is 56.1 Å². The largest absolute Gasteiger partial charge is 0.481 e. The molecule has 0 heterocycles. The smallest absolute Gasteiger partial charge is 0.306 e. The average molecular weight is 316 g/mol. The van der Waals surface area contributed by atoms with Crippen molar-refractivity contribution >= 4 is 5.97 Å². The molecule has 1 fully saturated rings. The number of aliphatic carboxylic acids is 1. The molecule has 0 aliphatic heterocycles. The molecule has 2 heteroatoms. The van der Waals surface area contributed by atoms with Gasteiger partial charge in [0, 0.05) is 0 Å². The van der Waals surface area contributed by atoms with Crippen LogP contribution in [-0.2, 0) is 11.2 Å². The lowest BCUT2D eigenvalue weighted by Crippen LogP contribution is -2.20. The van der Waals surface area contributed by atoms with Crippen molar-refractivity contribution in [1.29, 1.82) is 0 Å². The topological polar surface area (TPSA) is 37.3 Å². The molecule has 0 spiro atoms. The van der Waals surface area contributed by atoms with E-state index in [0.717, 1.165) is 25.7 Å². The van der Waals surface area contributed by atoms with E-state index in [0.29, 0.717) is 5.92 Å². The molecular formula is C21H32O2. The van der Waals surface area contributed by atoms with Gasteiger partial charge in [0.15, 0.2) is 0 Å². The van der Waals surface area contributed by atoms with Gasteiger partial charge in [0.2, 0.25) is 0 Å². The molecule has 2 rings (SSSR count). The Morgan fingerprint density at radius 1 is 0.957 bits per heavy atom. The molecule has 1 aromatic rings. The molecule has 0 saturated heterocycles. The third-order valence-electron chi connectivity index (χ3n) is 5.35. The Balaban J connectivity index is 1.71. The van der Waals surface area contributed by atoms with E-state index in [4.69, 9.17) is 5.11 Å². The molecule has 1 aliphatic carbocycles. The van der Waals surface area contributed by atoms with Gasteiger partial charge in [-0.05, 0) is 55.6 Å². The first-order valence-corrected chi connectivity index (χ1v) is 9.52. The van der Waals surface area contributed by atoms with Gasteiger partial charge in [-0.1, -0.05) is 63.3 Å². The number of rotatable bonds is 9. The molecule has 0 aromatic heterocycles. The zero-order chi connectivity index (χ0) is 16.5. The van der Waals surface area contributed by atoms with Crippen LogP contribution in [0.25, 0.3) is 0 Å². The number of hydrogen-bond donors (Lipinski definition) is 1. The molecule has 1 N–H and O–H groups in total. The van der Waals surface area contributed by atoms with Crippen molar-refractivity contribution in [3.05, 3.63) is 35.4 Å². The van der Waals surface area contributed by atoms with Crippen LogP contribution in [0.2, 0.25) is 0 Å². The molecule has 0 unspecified atom stereocenters. The van der Waals surface area contributed by atoms with Crippen molar-refractivity contribution < 1.29 is 9.90 Å². The molecule has 0 radical (unpaired) electrons. The van der Waals surface area contributed by atoms with Crippen LogP contribution in [-0.4, -0.2) is 11.1 Å². The predicted molar refractivity (Wildman–Crippen MR) is 95.9 cm³/mol. The van der Waals surface area contributed by atoms with Gasteiger partial charge in [0.05, 0.1) is 5.92 Å². The molecular weight excluding hydrogens is 284 g/mol. The third-order valence-corrected chi connectivity index (χ3v) is 5.35. The minimum atomic E-state index is -0.613. The lowest BCUT2D eigenvalue weighted by molar-refractivity contribution is -0.142. The SMILES string of the molecule is CCCCCCCCc1ccc(C2CCC(C(=O)O)CC2)cc1. The molecule has 128 valence electrons. The van der Waals surface area contributed by atoms with Crippen molar-refractivity contribution in [3.8, 4) is 0 Å². The maximum Gasteiger partial charge on any atom is 0.306 e. The summed E-state index contributed by atoms with van der Waals surface area (Å²) in [5, 5.41) is 9.08. The number of carboxylic acid groups (broad SMARTS) is 1. The van der Waals surface area contributed by atoms with Crippen molar-refractivity contribution in [2.45, 2.75) is 83.5 Å². The number of aryl methyl sites for hydroxylation is 1. The van der Waals surface area contributed by atoms with Crippen molar-refractivity contribution in [2.24, 2.45) is 5.92 Å². The minimum Gasteiger partial charge on any atom is -0.481 e. The summed E-state index contributed by atoms with van der Waals surface area (Å²) in [6.45, 7) is 2.26. The van der Waals surface area contributed by atoms with E-state index in [2.05, 4.69) is 31.2 Å². The number of benzene rings is 1. The first-order valence-electron chi connectivity index (χ1n) is 9.52. The van der Waals surface area contributed by atoms with E-state index >= 15 is 0 Å². The fourth-order valence-electron chi connectivity index (χ4n) is 3.74. The van der Waals surface area contributed by atoms with E-state index in [1.54, 1.807) is 0 Å². The second kappa shape index (κ2) is 9.75. The van der Waals surface area contributed by atoms with Crippen LogP contribution in [0.15, 0.2) is 24.3 Å². The molecule has 2 nitrogen and oxygen atoms in total. The Kier molecular flexibility index (Phi) is 7.64. The monoisotopic (exact) mass is 316 g/mol. The van der Waals surface area contributed by atoms with Crippen LogP contribution in [0, 0.1) is 5.92 Å². The van der Waals surface area contributed by atoms with Gasteiger partial charge in [-0.3, -0.25) is 4.79 Å². The average Bonchev–Trinajstić information content (AvgIpc) is 2.58. The third kappa shape index (κ3) is 6.01. The van der Waals surface area contributed by atoms with Crippen LogP contribution in [0.4, 0.5) is 0 Å². The highest BCUT2D eigenvalue weighted by Gasteiger charge is 2.26. The van der Waals surface area contributed by atoms with Gasteiger partial charge in [0.1, 0.15) is 0 Å². The maximum absolute atomic E-state index is 11.0. The van der Waals surface area contributed by atoms with Crippen LogP contribution in [0.3, 0.4) is 0 Å².